The molecule has 0 fully saturated rings. The Labute approximate surface area is 193 Å². The summed E-state index contributed by atoms with van der Waals surface area (Å²) in [5.41, 5.74) is 0. The monoisotopic (exact) mass is 478 g/mol. The molecule has 3 nitrogen and oxygen atoms in total. The minimum Gasteiger partial charge on any atom is -0.357 e. The van der Waals surface area contributed by atoms with Crippen molar-refractivity contribution in [1.29, 1.82) is 0 Å². The van der Waals surface area contributed by atoms with Gasteiger partial charge in [0.15, 0.2) is 18.1 Å². The van der Waals surface area contributed by atoms with E-state index in [9.17, 15) is 4.57 Å². The molecule has 0 aromatic heterocycles. The molecule has 0 aliphatic rings. The maximum atomic E-state index is 12.8. The number of hydrogen-bond acceptors (Lipinski definition) is 3. The van der Waals surface area contributed by atoms with Crippen LogP contribution in [0, 0.1) is 0 Å². The molecule has 0 saturated heterocycles. The molecule has 30 heavy (non-hydrogen) atoms. The van der Waals surface area contributed by atoms with Crippen molar-refractivity contribution in [2.24, 2.45) is 0 Å². The van der Waals surface area contributed by atoms with Gasteiger partial charge in [-0.2, -0.15) is 0 Å². The van der Waals surface area contributed by atoms with Crippen LogP contribution in [0.4, 0.5) is 0 Å². The molecular weight excluding hydrogens is 423 g/mol. The highest BCUT2D eigenvalue weighted by Crippen LogP contribution is 2.32. The third kappa shape index (κ3) is 20.5. The summed E-state index contributed by atoms with van der Waals surface area (Å²) in [6, 6.07) is 4.74. The summed E-state index contributed by atoms with van der Waals surface area (Å²) < 4.78 is 25.2. The summed E-state index contributed by atoms with van der Waals surface area (Å²) in [5, 5.41) is 0. The fourth-order valence-electron chi connectivity index (χ4n) is 4.02. The Kier molecular flexibility index (Phi) is 24.7. The first-order valence-corrected chi connectivity index (χ1v) is 19.0. The second-order valence-corrected chi connectivity index (χ2v) is 16.3. The minimum absolute atomic E-state index is 1.19. The van der Waals surface area contributed by atoms with Crippen LogP contribution in [0.2, 0.25) is 24.2 Å². The van der Waals surface area contributed by atoms with Crippen molar-refractivity contribution in [3.05, 3.63) is 0 Å². The predicted octanol–water partition coefficient (Wildman–Crippen LogP) is 9.18. The lowest BCUT2D eigenvalue weighted by Gasteiger charge is -2.20. The molecule has 0 rings (SSSR count). The van der Waals surface area contributed by atoms with E-state index in [1.165, 1.54) is 127 Å². The average molecular weight is 479 g/mol. The van der Waals surface area contributed by atoms with Gasteiger partial charge in [0.1, 0.15) is 0 Å². The number of rotatable bonds is 24. The van der Waals surface area contributed by atoms with Gasteiger partial charge in [-0.05, 0) is 24.2 Å². The Morgan fingerprint density at radius 1 is 0.467 bits per heavy atom. The summed E-state index contributed by atoms with van der Waals surface area (Å²) in [7, 11) is -5.05. The van der Waals surface area contributed by atoms with E-state index >= 15 is 0 Å². The van der Waals surface area contributed by atoms with Crippen LogP contribution in [0.1, 0.15) is 130 Å². The van der Waals surface area contributed by atoms with Crippen molar-refractivity contribution in [2.45, 2.75) is 155 Å². The Hall–Kier alpha value is 0.584. The van der Waals surface area contributed by atoms with Gasteiger partial charge >= 0.3 is 0 Å². The highest BCUT2D eigenvalue weighted by atomic mass is 31.1. The van der Waals surface area contributed by atoms with Crippen molar-refractivity contribution < 1.29 is 13.0 Å². The lowest BCUT2D eigenvalue weighted by molar-refractivity contribution is 0.414. The van der Waals surface area contributed by atoms with Crippen LogP contribution in [0.5, 0.6) is 0 Å². The van der Waals surface area contributed by atoms with Gasteiger partial charge in [-0.15, -0.1) is 0 Å². The lowest BCUT2D eigenvalue weighted by atomic mass is 10.2. The van der Waals surface area contributed by atoms with Gasteiger partial charge in [0.2, 0.25) is 0 Å². The van der Waals surface area contributed by atoms with Crippen molar-refractivity contribution in [1.82, 2.24) is 0 Å². The number of hydrogen-bond donors (Lipinski definition) is 0. The summed E-state index contributed by atoms with van der Waals surface area (Å²) in [6.45, 7) is 9.03. The Morgan fingerprint density at radius 3 is 0.967 bits per heavy atom. The summed E-state index contributed by atoms with van der Waals surface area (Å²) >= 11 is 0. The van der Waals surface area contributed by atoms with Crippen LogP contribution >= 0.6 is 8.25 Å². The van der Waals surface area contributed by atoms with Gasteiger partial charge in [0.25, 0.3) is 8.25 Å². The average Bonchev–Trinajstić information content (AvgIpc) is 2.74. The zero-order valence-electron chi connectivity index (χ0n) is 21.0. The molecule has 0 N–H and O–H groups in total. The molecule has 0 heterocycles. The first-order valence-electron chi connectivity index (χ1n) is 13.5. The first-order chi connectivity index (χ1) is 14.7. The molecule has 0 radical (unpaired) electrons. The molecule has 6 heteroatoms. The smallest absolute Gasteiger partial charge is 0.299 e. The van der Waals surface area contributed by atoms with E-state index in [4.69, 9.17) is 8.43 Å². The van der Waals surface area contributed by atoms with Crippen LogP contribution in [0.15, 0.2) is 0 Å². The first kappa shape index (κ1) is 30.6. The van der Waals surface area contributed by atoms with Crippen molar-refractivity contribution in [3.8, 4) is 0 Å². The molecule has 0 saturated carbocycles. The van der Waals surface area contributed by atoms with Crippen LogP contribution in [0.3, 0.4) is 0 Å². The molecule has 0 aliphatic heterocycles. The topological polar surface area (TPSA) is 35.5 Å². The van der Waals surface area contributed by atoms with Gasteiger partial charge in [-0.3, -0.25) is 4.57 Å². The second kappa shape index (κ2) is 24.2. The van der Waals surface area contributed by atoms with Crippen LogP contribution in [0.25, 0.3) is 0 Å². The van der Waals surface area contributed by atoms with Crippen molar-refractivity contribution >= 4 is 26.3 Å². The van der Waals surface area contributed by atoms with E-state index in [2.05, 4.69) is 27.7 Å². The molecule has 0 aromatic rings. The quantitative estimate of drug-likeness (QED) is 0.0787. The largest absolute Gasteiger partial charge is 0.357 e. The van der Waals surface area contributed by atoms with Crippen LogP contribution in [-0.4, -0.2) is 18.1 Å². The van der Waals surface area contributed by atoms with Crippen molar-refractivity contribution in [3.63, 3.8) is 0 Å². The van der Waals surface area contributed by atoms with Gasteiger partial charge < -0.3 is 8.43 Å². The van der Waals surface area contributed by atoms with Crippen LogP contribution in [-0.2, 0) is 13.0 Å². The van der Waals surface area contributed by atoms with E-state index in [0.717, 1.165) is 0 Å². The fraction of sp³-hybridized carbons (Fsp3) is 1.00. The standard InChI is InChI=1S/C24H55O3PSi2/c1-5-9-13-17-21-29(22-18-14-10-6-2)26-28(25)27-30(23-19-15-11-7-3)24-20-16-12-8-4/h28-30H,5-24H2,1-4H3. The lowest BCUT2D eigenvalue weighted by Crippen LogP contribution is -2.18. The maximum Gasteiger partial charge on any atom is 0.299 e. The Balaban J connectivity index is 4.50. The summed E-state index contributed by atoms with van der Waals surface area (Å²) in [4.78, 5) is 0. The SMILES string of the molecule is CCCCCC[SiH](CCCCCC)O[PH](=O)O[SiH](CCCCCC)CCCCCC. The Bertz CT molecular complexity index is 316. The Morgan fingerprint density at radius 2 is 0.733 bits per heavy atom. The minimum atomic E-state index is -2.28. The third-order valence-corrected chi connectivity index (χ3v) is 14.5. The molecule has 0 bridgehead atoms. The summed E-state index contributed by atoms with van der Waals surface area (Å²) in [6.07, 6.45) is 20.5. The highest BCUT2D eigenvalue weighted by molar-refractivity contribution is 7.37. The fourth-order valence-corrected chi connectivity index (χ4v) is 12.4. The van der Waals surface area contributed by atoms with Gasteiger partial charge in [0, 0.05) is 0 Å². The zero-order chi connectivity index (χ0) is 22.3. The van der Waals surface area contributed by atoms with Gasteiger partial charge in [-0.1, -0.05) is 130 Å². The molecule has 0 amide bonds. The van der Waals surface area contributed by atoms with E-state index in [1.54, 1.807) is 0 Å². The van der Waals surface area contributed by atoms with Gasteiger partial charge in [0.05, 0.1) is 0 Å². The normalized spacial score (nSPS) is 12.0. The van der Waals surface area contributed by atoms with E-state index in [-0.39, 0.29) is 0 Å². The van der Waals surface area contributed by atoms with E-state index in [1.807, 2.05) is 0 Å². The molecule has 0 aliphatic carbocycles. The van der Waals surface area contributed by atoms with Crippen LogP contribution < -0.4 is 0 Å². The highest BCUT2D eigenvalue weighted by Gasteiger charge is 2.20. The predicted molar refractivity (Wildman–Crippen MR) is 141 cm³/mol. The van der Waals surface area contributed by atoms with E-state index in [0.29, 0.717) is 0 Å². The van der Waals surface area contributed by atoms with Gasteiger partial charge in [-0.25, -0.2) is 0 Å². The molecule has 182 valence electrons. The third-order valence-electron chi connectivity index (χ3n) is 6.04. The van der Waals surface area contributed by atoms with Crippen molar-refractivity contribution in [2.75, 3.05) is 0 Å². The molecule has 0 unspecified atom stereocenters. The summed E-state index contributed by atoms with van der Waals surface area (Å²) in [5.74, 6) is 0. The molecule has 0 spiro atoms. The molecule has 0 atom stereocenters. The second-order valence-electron chi connectivity index (χ2n) is 9.13. The maximum absolute atomic E-state index is 12.8. The molecular formula is C24H55O3PSi2. The molecule has 0 aromatic carbocycles. The zero-order valence-corrected chi connectivity index (χ0v) is 24.3. The van der Waals surface area contributed by atoms with E-state index < -0.39 is 26.3 Å². The number of unbranched alkanes of at least 4 members (excludes halogenated alkanes) is 12.